The van der Waals surface area contributed by atoms with Crippen molar-refractivity contribution in [3.8, 4) is 0 Å². The van der Waals surface area contributed by atoms with Crippen molar-refractivity contribution in [3.05, 3.63) is 47.8 Å². The molecular formula is C16H23N3O. The third-order valence-corrected chi connectivity index (χ3v) is 3.68. The van der Waals surface area contributed by atoms with Crippen LogP contribution in [0.4, 0.5) is 5.69 Å². The van der Waals surface area contributed by atoms with Crippen LogP contribution in [0.5, 0.6) is 0 Å². The summed E-state index contributed by atoms with van der Waals surface area (Å²) < 4.78 is 2.00. The fourth-order valence-electron chi connectivity index (χ4n) is 2.43. The van der Waals surface area contributed by atoms with Gasteiger partial charge in [-0.05, 0) is 36.6 Å². The molecule has 1 aromatic carbocycles. The lowest BCUT2D eigenvalue weighted by Gasteiger charge is -2.13. The Hall–Kier alpha value is -1.81. The summed E-state index contributed by atoms with van der Waals surface area (Å²) >= 11 is 0. The van der Waals surface area contributed by atoms with Crippen molar-refractivity contribution in [2.45, 2.75) is 45.3 Å². The molecule has 1 unspecified atom stereocenters. The molecule has 0 aliphatic carbocycles. The Bertz CT molecular complexity index is 546. The zero-order valence-electron chi connectivity index (χ0n) is 12.2. The first-order valence-corrected chi connectivity index (χ1v) is 7.21. The number of aliphatic hydroxyl groups is 1. The topological polar surface area (TPSA) is 64.1 Å². The Morgan fingerprint density at radius 2 is 2.00 bits per heavy atom. The van der Waals surface area contributed by atoms with Crippen LogP contribution in [0.15, 0.2) is 36.5 Å². The van der Waals surface area contributed by atoms with E-state index in [-0.39, 0.29) is 0 Å². The summed E-state index contributed by atoms with van der Waals surface area (Å²) in [6.07, 6.45) is 4.07. The third-order valence-electron chi connectivity index (χ3n) is 3.68. The number of nitrogen functional groups attached to an aromatic ring is 1. The van der Waals surface area contributed by atoms with Crippen molar-refractivity contribution in [1.29, 1.82) is 0 Å². The van der Waals surface area contributed by atoms with Gasteiger partial charge in [-0.2, -0.15) is 5.10 Å². The molecule has 1 heterocycles. The van der Waals surface area contributed by atoms with Crippen molar-refractivity contribution in [2.24, 2.45) is 0 Å². The lowest BCUT2D eigenvalue weighted by molar-refractivity contribution is 0.177. The van der Waals surface area contributed by atoms with E-state index in [1.54, 1.807) is 0 Å². The Morgan fingerprint density at radius 1 is 1.25 bits per heavy atom. The minimum atomic E-state index is -0.566. The lowest BCUT2D eigenvalue weighted by Crippen LogP contribution is -2.09. The smallest absolute Gasteiger partial charge is 0.0846 e. The van der Waals surface area contributed by atoms with E-state index >= 15 is 0 Å². The molecule has 2 aromatic rings. The second-order valence-electron chi connectivity index (χ2n) is 5.15. The zero-order valence-corrected chi connectivity index (χ0v) is 12.2. The van der Waals surface area contributed by atoms with Gasteiger partial charge in [0.1, 0.15) is 0 Å². The van der Waals surface area contributed by atoms with Crippen molar-refractivity contribution < 1.29 is 5.11 Å². The summed E-state index contributed by atoms with van der Waals surface area (Å²) in [4.78, 5) is 0. The molecule has 0 bridgehead atoms. The normalized spacial score (nSPS) is 12.8. The number of hydrogen-bond acceptors (Lipinski definition) is 3. The first-order valence-electron chi connectivity index (χ1n) is 7.21. The van der Waals surface area contributed by atoms with E-state index in [1.165, 1.54) is 0 Å². The van der Waals surface area contributed by atoms with Gasteiger partial charge in [0.2, 0.25) is 0 Å². The average Bonchev–Trinajstić information content (AvgIpc) is 2.88. The number of aromatic nitrogens is 2. The van der Waals surface area contributed by atoms with E-state index in [0.29, 0.717) is 18.2 Å². The molecule has 4 heteroatoms. The van der Waals surface area contributed by atoms with Crippen molar-refractivity contribution >= 4 is 5.69 Å². The molecule has 0 saturated heterocycles. The second kappa shape index (κ2) is 6.57. The molecule has 0 saturated carbocycles. The van der Waals surface area contributed by atoms with E-state index in [0.717, 1.165) is 24.1 Å². The number of anilines is 1. The van der Waals surface area contributed by atoms with E-state index in [9.17, 15) is 5.11 Å². The maximum atomic E-state index is 10.3. The highest BCUT2D eigenvalue weighted by Gasteiger charge is 2.13. The van der Waals surface area contributed by atoms with E-state index in [2.05, 4.69) is 18.9 Å². The monoisotopic (exact) mass is 273 g/mol. The summed E-state index contributed by atoms with van der Waals surface area (Å²) in [6.45, 7) is 4.33. The average molecular weight is 273 g/mol. The van der Waals surface area contributed by atoms with Crippen molar-refractivity contribution in [1.82, 2.24) is 9.78 Å². The van der Waals surface area contributed by atoms with Gasteiger partial charge in [0.25, 0.3) is 0 Å². The number of rotatable bonds is 6. The summed E-state index contributed by atoms with van der Waals surface area (Å²) in [5.41, 5.74) is 8.15. The van der Waals surface area contributed by atoms with Gasteiger partial charge in [-0.3, -0.25) is 4.68 Å². The molecule has 0 spiro atoms. The Kier molecular flexibility index (Phi) is 4.79. The van der Waals surface area contributed by atoms with Gasteiger partial charge in [0.15, 0.2) is 0 Å². The Morgan fingerprint density at radius 3 is 2.65 bits per heavy atom. The predicted octanol–water partition coefficient (Wildman–Crippen LogP) is 3.10. The van der Waals surface area contributed by atoms with Gasteiger partial charge in [-0.1, -0.05) is 26.0 Å². The van der Waals surface area contributed by atoms with Crippen LogP contribution < -0.4 is 5.73 Å². The summed E-state index contributed by atoms with van der Waals surface area (Å²) in [7, 11) is 0. The van der Waals surface area contributed by atoms with Crippen LogP contribution in [-0.2, 0) is 6.42 Å². The van der Waals surface area contributed by atoms with Gasteiger partial charge in [0, 0.05) is 18.3 Å². The van der Waals surface area contributed by atoms with E-state index in [1.807, 2.05) is 41.2 Å². The largest absolute Gasteiger partial charge is 0.399 e. The summed E-state index contributed by atoms with van der Waals surface area (Å²) in [5, 5.41) is 14.8. The molecule has 0 radical (unpaired) electrons. The Labute approximate surface area is 120 Å². The number of nitrogens with zero attached hydrogens (tertiary/aromatic N) is 2. The SMILES string of the molecule is CCC(CC)n1ccc(CC(O)c2cccc(N)c2)n1. The minimum Gasteiger partial charge on any atom is -0.399 e. The predicted molar refractivity (Wildman–Crippen MR) is 81.4 cm³/mol. The quantitative estimate of drug-likeness (QED) is 0.795. The molecule has 0 amide bonds. The second-order valence-corrected chi connectivity index (χ2v) is 5.15. The van der Waals surface area contributed by atoms with Crippen LogP contribution in [0.2, 0.25) is 0 Å². The highest BCUT2D eigenvalue weighted by Crippen LogP contribution is 2.21. The highest BCUT2D eigenvalue weighted by molar-refractivity contribution is 5.41. The standard InChI is InChI=1S/C16H23N3O/c1-3-15(4-2)19-9-8-14(18-19)11-16(20)12-6-5-7-13(17)10-12/h5-10,15-16,20H,3-4,11,17H2,1-2H3. The third kappa shape index (κ3) is 3.39. The van der Waals surface area contributed by atoms with Crippen LogP contribution in [0.1, 0.15) is 50.1 Å². The number of aliphatic hydroxyl groups excluding tert-OH is 1. The van der Waals surface area contributed by atoms with Gasteiger partial charge in [0.05, 0.1) is 17.8 Å². The molecule has 3 N–H and O–H groups in total. The number of nitrogens with two attached hydrogens (primary N) is 1. The zero-order chi connectivity index (χ0) is 14.5. The lowest BCUT2D eigenvalue weighted by atomic mass is 10.0. The summed E-state index contributed by atoms with van der Waals surface area (Å²) in [5.74, 6) is 0. The van der Waals surface area contributed by atoms with Crippen molar-refractivity contribution in [2.75, 3.05) is 5.73 Å². The first-order chi connectivity index (χ1) is 9.63. The molecule has 2 rings (SSSR count). The molecule has 108 valence electrons. The van der Waals surface area contributed by atoms with Crippen LogP contribution in [0.3, 0.4) is 0 Å². The molecular weight excluding hydrogens is 250 g/mol. The van der Waals surface area contributed by atoms with Gasteiger partial charge >= 0.3 is 0 Å². The molecule has 1 aromatic heterocycles. The highest BCUT2D eigenvalue weighted by atomic mass is 16.3. The summed E-state index contributed by atoms with van der Waals surface area (Å²) in [6, 6.07) is 9.79. The van der Waals surface area contributed by atoms with Crippen molar-refractivity contribution in [3.63, 3.8) is 0 Å². The van der Waals surface area contributed by atoms with Gasteiger partial charge in [-0.25, -0.2) is 0 Å². The molecule has 4 nitrogen and oxygen atoms in total. The molecule has 0 fully saturated rings. The first kappa shape index (κ1) is 14.6. The van der Waals surface area contributed by atoms with Gasteiger partial charge in [-0.15, -0.1) is 0 Å². The Balaban J connectivity index is 2.06. The van der Waals surface area contributed by atoms with Crippen LogP contribution in [0.25, 0.3) is 0 Å². The van der Waals surface area contributed by atoms with Crippen LogP contribution >= 0.6 is 0 Å². The minimum absolute atomic E-state index is 0.438. The maximum absolute atomic E-state index is 10.3. The molecule has 0 aliphatic rings. The van der Waals surface area contributed by atoms with Crippen LogP contribution in [0, 0.1) is 0 Å². The van der Waals surface area contributed by atoms with Gasteiger partial charge < -0.3 is 10.8 Å². The number of hydrogen-bond donors (Lipinski definition) is 2. The maximum Gasteiger partial charge on any atom is 0.0846 e. The molecule has 20 heavy (non-hydrogen) atoms. The van der Waals surface area contributed by atoms with Crippen LogP contribution in [-0.4, -0.2) is 14.9 Å². The molecule has 1 atom stereocenters. The van der Waals surface area contributed by atoms with E-state index < -0.39 is 6.10 Å². The number of benzene rings is 1. The van der Waals surface area contributed by atoms with E-state index in [4.69, 9.17) is 5.73 Å². The molecule has 0 aliphatic heterocycles. The fourth-order valence-corrected chi connectivity index (χ4v) is 2.43. The fraction of sp³-hybridized carbons (Fsp3) is 0.438.